The second kappa shape index (κ2) is 9.91. The number of amides is 1. The molecule has 1 aliphatic rings. The van der Waals surface area contributed by atoms with Crippen molar-refractivity contribution in [3.05, 3.63) is 65.6 Å². The lowest BCUT2D eigenvalue weighted by Crippen LogP contribution is -2.31. The van der Waals surface area contributed by atoms with Gasteiger partial charge >= 0.3 is 13.2 Å². The number of nitrogens with one attached hydrogen (secondary N) is 2. The van der Waals surface area contributed by atoms with Gasteiger partial charge in [-0.15, -0.1) is 0 Å². The highest BCUT2D eigenvalue weighted by molar-refractivity contribution is 6.06. The van der Waals surface area contributed by atoms with Crippen LogP contribution < -0.4 is 24.8 Å². The number of alkyl halides is 4. The van der Waals surface area contributed by atoms with Crippen LogP contribution in [0.25, 0.3) is 0 Å². The predicted molar refractivity (Wildman–Crippen MR) is 116 cm³/mol. The van der Waals surface area contributed by atoms with Crippen LogP contribution in [0.1, 0.15) is 18.5 Å². The number of anilines is 2. The first-order chi connectivity index (χ1) is 16.8. The van der Waals surface area contributed by atoms with Gasteiger partial charge in [0, 0.05) is 5.70 Å². The van der Waals surface area contributed by atoms with Gasteiger partial charge in [0.2, 0.25) is 5.95 Å². The summed E-state index contributed by atoms with van der Waals surface area (Å²) < 4.78 is 66.9. The highest BCUT2D eigenvalue weighted by Crippen LogP contribution is 2.40. The average molecular weight is 493 g/mol. The van der Waals surface area contributed by atoms with Crippen LogP contribution in [0.15, 0.2) is 60.1 Å². The number of ether oxygens (including phenoxy) is 3. The quantitative estimate of drug-likeness (QED) is 0.449. The molecule has 13 heteroatoms. The number of nitrogens with zero attached hydrogens (tertiary/aromatic N) is 3. The van der Waals surface area contributed by atoms with Crippen LogP contribution >= 0.6 is 0 Å². The smallest absolute Gasteiger partial charge is 0.387 e. The van der Waals surface area contributed by atoms with Gasteiger partial charge < -0.3 is 24.8 Å². The zero-order chi connectivity index (χ0) is 25.1. The van der Waals surface area contributed by atoms with Crippen LogP contribution in [0.4, 0.5) is 29.2 Å². The maximum Gasteiger partial charge on any atom is 0.387 e. The summed E-state index contributed by atoms with van der Waals surface area (Å²) in [6.07, 6.45) is 1.24. The molecule has 0 bridgehead atoms. The average Bonchev–Trinajstić information content (AvgIpc) is 3.27. The number of hydrogen-bond acceptors (Lipinski definition) is 7. The SMILES string of the molecule is COc1ccccc1NC(=O)C1=C(C)Nc2ncnn2[C@H]1c1ccc(OC(F)F)c(OC(F)F)c1. The minimum atomic E-state index is -3.30. The Labute approximate surface area is 196 Å². The van der Waals surface area contributed by atoms with Crippen LogP contribution in [0.2, 0.25) is 0 Å². The number of rotatable bonds is 8. The Balaban J connectivity index is 1.78. The topological polar surface area (TPSA) is 99.5 Å². The molecular formula is C22H19F4N5O4. The van der Waals surface area contributed by atoms with E-state index in [4.69, 9.17) is 4.74 Å². The molecule has 1 aromatic heterocycles. The van der Waals surface area contributed by atoms with E-state index in [-0.39, 0.29) is 17.1 Å². The van der Waals surface area contributed by atoms with Crippen LogP contribution in [0, 0.1) is 0 Å². The normalized spacial score (nSPS) is 15.0. The maximum atomic E-state index is 13.4. The third-order valence-electron chi connectivity index (χ3n) is 5.11. The molecule has 1 aliphatic heterocycles. The number of hydrogen-bond donors (Lipinski definition) is 2. The molecule has 0 unspecified atom stereocenters. The van der Waals surface area contributed by atoms with Gasteiger partial charge in [0.1, 0.15) is 18.1 Å². The van der Waals surface area contributed by atoms with Crippen LogP contribution in [0.5, 0.6) is 17.2 Å². The van der Waals surface area contributed by atoms with Crippen molar-refractivity contribution in [3.63, 3.8) is 0 Å². The van der Waals surface area contributed by atoms with Crippen molar-refractivity contribution in [2.45, 2.75) is 26.2 Å². The Bertz CT molecular complexity index is 1260. The van der Waals surface area contributed by atoms with Gasteiger partial charge in [-0.2, -0.15) is 27.6 Å². The summed E-state index contributed by atoms with van der Waals surface area (Å²) in [6.45, 7) is -4.93. The Hall–Kier alpha value is -4.29. The molecule has 2 heterocycles. The molecule has 0 radical (unpaired) electrons. The second-order valence-corrected chi connectivity index (χ2v) is 7.21. The van der Waals surface area contributed by atoms with Crippen molar-refractivity contribution < 1.29 is 36.6 Å². The molecule has 0 fully saturated rings. The molecule has 0 saturated carbocycles. The monoisotopic (exact) mass is 493 g/mol. The van der Waals surface area contributed by atoms with Crippen molar-refractivity contribution in [1.82, 2.24) is 14.8 Å². The molecule has 9 nitrogen and oxygen atoms in total. The summed E-state index contributed by atoms with van der Waals surface area (Å²) in [4.78, 5) is 17.5. The Kier molecular flexibility index (Phi) is 6.75. The van der Waals surface area contributed by atoms with E-state index in [0.717, 1.165) is 12.1 Å². The van der Waals surface area contributed by atoms with E-state index in [2.05, 4.69) is 30.2 Å². The molecule has 2 N–H and O–H groups in total. The van der Waals surface area contributed by atoms with Gasteiger partial charge in [-0.25, -0.2) is 4.68 Å². The van der Waals surface area contributed by atoms with Gasteiger partial charge in [-0.05, 0) is 36.8 Å². The number of halogens is 4. The molecule has 0 aliphatic carbocycles. The first-order valence-corrected chi connectivity index (χ1v) is 10.1. The Morgan fingerprint density at radius 2 is 1.77 bits per heavy atom. The van der Waals surface area contributed by atoms with E-state index >= 15 is 0 Å². The van der Waals surface area contributed by atoms with Crippen molar-refractivity contribution in [1.29, 1.82) is 0 Å². The minimum absolute atomic E-state index is 0.166. The zero-order valence-corrected chi connectivity index (χ0v) is 18.3. The van der Waals surface area contributed by atoms with Crippen molar-refractivity contribution in [2.24, 2.45) is 0 Å². The summed E-state index contributed by atoms with van der Waals surface area (Å²) in [6, 6.07) is 9.28. The Morgan fingerprint density at radius 3 is 2.49 bits per heavy atom. The molecule has 2 aromatic carbocycles. The largest absolute Gasteiger partial charge is 0.495 e. The number of benzene rings is 2. The Morgan fingerprint density at radius 1 is 1.06 bits per heavy atom. The molecular weight excluding hydrogens is 474 g/mol. The molecule has 4 rings (SSSR count). The van der Waals surface area contributed by atoms with E-state index in [1.54, 1.807) is 31.2 Å². The summed E-state index contributed by atoms with van der Waals surface area (Å²) in [5, 5.41) is 9.89. The lowest BCUT2D eigenvalue weighted by molar-refractivity contribution is -0.113. The number of allylic oxidation sites excluding steroid dienone is 1. The molecule has 1 atom stereocenters. The molecule has 0 spiro atoms. The maximum absolute atomic E-state index is 13.4. The minimum Gasteiger partial charge on any atom is -0.495 e. The van der Waals surface area contributed by atoms with Crippen LogP contribution in [-0.2, 0) is 4.79 Å². The van der Waals surface area contributed by atoms with Crippen molar-refractivity contribution >= 4 is 17.5 Å². The summed E-state index contributed by atoms with van der Waals surface area (Å²) in [7, 11) is 1.45. The number of carbonyl (C=O) groups excluding carboxylic acids is 1. The molecule has 184 valence electrons. The van der Waals surface area contributed by atoms with Gasteiger partial charge in [-0.3, -0.25) is 4.79 Å². The van der Waals surface area contributed by atoms with E-state index in [9.17, 15) is 22.4 Å². The summed E-state index contributed by atoms with van der Waals surface area (Å²) in [5.41, 5.74) is 1.21. The van der Waals surface area contributed by atoms with E-state index in [1.807, 2.05) is 0 Å². The fourth-order valence-corrected chi connectivity index (χ4v) is 3.71. The summed E-state index contributed by atoms with van der Waals surface area (Å²) in [5.74, 6) is -1.06. The standard InChI is InChI=1S/C22H19F4N5O4/c1-11-17(19(32)30-13-5-3-4-6-14(13)33-2)18(31-22(29-11)27-10-28-31)12-7-8-15(34-20(23)24)16(9-12)35-21(25)26/h3-10,18,20-21H,1-2H3,(H,30,32)(H,27,28,29)/t18-/m0/s1. The third kappa shape index (κ3) is 4.98. The van der Waals surface area contributed by atoms with E-state index in [0.29, 0.717) is 17.1 Å². The molecule has 1 amide bonds. The van der Waals surface area contributed by atoms with Crippen molar-refractivity contribution in [2.75, 3.05) is 17.7 Å². The van der Waals surface area contributed by atoms with Crippen LogP contribution in [0.3, 0.4) is 0 Å². The lowest BCUT2D eigenvalue weighted by Gasteiger charge is -2.29. The first-order valence-electron chi connectivity index (χ1n) is 10.1. The fourth-order valence-electron chi connectivity index (χ4n) is 3.71. The van der Waals surface area contributed by atoms with Crippen LogP contribution in [-0.4, -0.2) is 41.0 Å². The van der Waals surface area contributed by atoms with Gasteiger partial charge in [0.15, 0.2) is 11.5 Å². The highest BCUT2D eigenvalue weighted by atomic mass is 19.3. The lowest BCUT2D eigenvalue weighted by atomic mass is 9.94. The highest BCUT2D eigenvalue weighted by Gasteiger charge is 2.34. The predicted octanol–water partition coefficient (Wildman–Crippen LogP) is 4.42. The number of fused-ring (bicyclic) bond motifs is 1. The van der Waals surface area contributed by atoms with E-state index in [1.165, 1.54) is 24.2 Å². The first kappa shape index (κ1) is 23.9. The number of methoxy groups -OCH3 is 1. The van der Waals surface area contributed by atoms with E-state index < -0.39 is 36.7 Å². The number of aromatic nitrogens is 3. The third-order valence-corrected chi connectivity index (χ3v) is 5.11. The van der Waals surface area contributed by atoms with Gasteiger partial charge in [0.05, 0.1) is 18.4 Å². The molecule has 35 heavy (non-hydrogen) atoms. The van der Waals surface area contributed by atoms with Crippen molar-refractivity contribution in [3.8, 4) is 17.2 Å². The number of para-hydroxylation sites is 2. The second-order valence-electron chi connectivity index (χ2n) is 7.21. The number of carbonyl (C=O) groups is 1. The summed E-state index contributed by atoms with van der Waals surface area (Å²) >= 11 is 0. The zero-order valence-electron chi connectivity index (χ0n) is 18.3. The molecule has 3 aromatic rings. The van der Waals surface area contributed by atoms with Gasteiger partial charge in [-0.1, -0.05) is 18.2 Å². The fraction of sp³-hybridized carbons (Fsp3) is 0.227. The molecule has 0 saturated heterocycles. The van der Waals surface area contributed by atoms with Gasteiger partial charge in [0.25, 0.3) is 5.91 Å².